The first-order valence-electron chi connectivity index (χ1n) is 5.59. The van der Waals surface area contributed by atoms with Crippen molar-refractivity contribution in [2.75, 3.05) is 0 Å². The van der Waals surface area contributed by atoms with Crippen LogP contribution in [0, 0.1) is 5.82 Å². The maximum atomic E-state index is 13.4. The first-order valence-corrected chi connectivity index (χ1v) is 5.97. The summed E-state index contributed by atoms with van der Waals surface area (Å²) in [6.07, 6.45) is 3.58. The third kappa shape index (κ3) is 2.53. The molecule has 1 atom stereocenters. The number of nitrogens with zero attached hydrogens (tertiary/aromatic N) is 2. The minimum atomic E-state index is -0.461. The fourth-order valence-corrected chi connectivity index (χ4v) is 1.90. The van der Waals surface area contributed by atoms with Gasteiger partial charge in [-0.05, 0) is 24.6 Å². The Bertz CT molecular complexity index is 541. The fraction of sp³-hybridized carbons (Fsp3) is 0.250. The molecule has 18 heavy (non-hydrogen) atoms. The van der Waals surface area contributed by atoms with Gasteiger partial charge >= 0.3 is 0 Å². The van der Waals surface area contributed by atoms with Crippen LogP contribution in [0.1, 0.15) is 24.1 Å². The van der Waals surface area contributed by atoms with Crippen molar-refractivity contribution in [2.45, 2.75) is 19.5 Å². The number of rotatable bonds is 4. The summed E-state index contributed by atoms with van der Waals surface area (Å²) in [7, 11) is 0. The molecule has 0 fully saturated rings. The second-order valence-corrected chi connectivity index (χ2v) is 4.31. The van der Waals surface area contributed by atoms with Gasteiger partial charge in [-0.1, -0.05) is 17.7 Å². The van der Waals surface area contributed by atoms with Gasteiger partial charge in [0.05, 0.1) is 17.3 Å². The highest BCUT2D eigenvalue weighted by molar-refractivity contribution is 6.30. The molecule has 0 amide bonds. The van der Waals surface area contributed by atoms with Gasteiger partial charge in [0.1, 0.15) is 5.82 Å². The molecule has 0 aliphatic rings. The van der Waals surface area contributed by atoms with E-state index < -0.39 is 5.82 Å². The Hall–Kier alpha value is -1.43. The highest BCUT2D eigenvalue weighted by atomic mass is 35.5. The quantitative estimate of drug-likeness (QED) is 0.661. The van der Waals surface area contributed by atoms with Crippen molar-refractivity contribution in [3.63, 3.8) is 0 Å². The van der Waals surface area contributed by atoms with Crippen molar-refractivity contribution in [1.29, 1.82) is 0 Å². The minimum absolute atomic E-state index is 0.0961. The normalized spacial score (nSPS) is 12.7. The van der Waals surface area contributed by atoms with E-state index in [9.17, 15) is 4.39 Å². The van der Waals surface area contributed by atoms with Gasteiger partial charge in [-0.2, -0.15) is 5.10 Å². The van der Waals surface area contributed by atoms with Gasteiger partial charge in [0, 0.05) is 18.3 Å². The van der Waals surface area contributed by atoms with Crippen LogP contribution in [0.4, 0.5) is 4.39 Å². The molecule has 2 aromatic rings. The number of hydrogen-bond donors (Lipinski definition) is 2. The highest BCUT2D eigenvalue weighted by Gasteiger charge is 2.15. The molecule has 0 spiro atoms. The predicted octanol–water partition coefficient (Wildman–Crippen LogP) is 2.25. The molecular formula is C12H14ClFN4. The van der Waals surface area contributed by atoms with Crippen LogP contribution in [0.3, 0.4) is 0 Å². The maximum absolute atomic E-state index is 13.4. The first kappa shape index (κ1) is 13.0. The smallest absolute Gasteiger partial charge is 0.142 e. The number of nitrogens with two attached hydrogens (primary N) is 1. The van der Waals surface area contributed by atoms with E-state index in [4.69, 9.17) is 17.4 Å². The number of aryl methyl sites for hydroxylation is 1. The minimum Gasteiger partial charge on any atom is -0.273 e. The lowest BCUT2D eigenvalue weighted by atomic mass is 10.0. The number of aromatic nitrogens is 2. The van der Waals surface area contributed by atoms with Gasteiger partial charge in [-0.25, -0.2) is 9.82 Å². The summed E-state index contributed by atoms with van der Waals surface area (Å²) >= 11 is 5.66. The highest BCUT2D eigenvalue weighted by Crippen LogP contribution is 2.24. The largest absolute Gasteiger partial charge is 0.273 e. The van der Waals surface area contributed by atoms with Gasteiger partial charge in [0.2, 0.25) is 0 Å². The van der Waals surface area contributed by atoms with Crippen molar-refractivity contribution >= 4 is 11.6 Å². The summed E-state index contributed by atoms with van der Waals surface area (Å²) in [6, 6.07) is 4.31. The zero-order valence-corrected chi connectivity index (χ0v) is 10.7. The number of benzene rings is 1. The molecule has 1 aromatic heterocycles. The Morgan fingerprint density at radius 2 is 2.28 bits per heavy atom. The molecule has 96 valence electrons. The fourth-order valence-electron chi connectivity index (χ4n) is 1.78. The Balaban J connectivity index is 2.35. The number of hydrazine groups is 1. The molecule has 1 heterocycles. The molecule has 4 nitrogen and oxygen atoms in total. The average Bonchev–Trinajstić information content (AvgIpc) is 2.83. The summed E-state index contributed by atoms with van der Waals surface area (Å²) in [5, 5.41) is 4.27. The van der Waals surface area contributed by atoms with Gasteiger partial charge in [-0.3, -0.25) is 10.5 Å². The predicted molar refractivity (Wildman–Crippen MR) is 68.5 cm³/mol. The van der Waals surface area contributed by atoms with Crippen molar-refractivity contribution in [2.24, 2.45) is 5.84 Å². The van der Waals surface area contributed by atoms with E-state index >= 15 is 0 Å². The number of halogens is 2. The van der Waals surface area contributed by atoms with Crippen molar-refractivity contribution in [3.05, 3.63) is 52.6 Å². The van der Waals surface area contributed by atoms with Crippen LogP contribution in [0.2, 0.25) is 5.02 Å². The van der Waals surface area contributed by atoms with E-state index in [1.54, 1.807) is 16.9 Å². The molecule has 1 aromatic carbocycles. The van der Waals surface area contributed by atoms with Gasteiger partial charge in [0.15, 0.2) is 0 Å². The van der Waals surface area contributed by atoms with Crippen LogP contribution >= 0.6 is 11.6 Å². The van der Waals surface area contributed by atoms with E-state index in [0.717, 1.165) is 12.1 Å². The van der Waals surface area contributed by atoms with Gasteiger partial charge in [-0.15, -0.1) is 0 Å². The molecular weight excluding hydrogens is 255 g/mol. The van der Waals surface area contributed by atoms with Gasteiger partial charge in [0.25, 0.3) is 0 Å². The summed E-state index contributed by atoms with van der Waals surface area (Å²) in [5.74, 6) is 5.07. The zero-order valence-electron chi connectivity index (χ0n) is 9.90. The summed E-state index contributed by atoms with van der Waals surface area (Å²) < 4.78 is 15.2. The lowest BCUT2D eigenvalue weighted by Crippen LogP contribution is -2.28. The zero-order chi connectivity index (χ0) is 13.1. The molecule has 2 rings (SSSR count). The van der Waals surface area contributed by atoms with E-state index in [1.807, 2.05) is 13.1 Å². The van der Waals surface area contributed by atoms with Crippen LogP contribution in [-0.2, 0) is 6.54 Å². The van der Waals surface area contributed by atoms with E-state index in [-0.39, 0.29) is 11.1 Å². The number of hydrogen-bond acceptors (Lipinski definition) is 3. The summed E-state index contributed by atoms with van der Waals surface area (Å²) in [6.45, 7) is 2.76. The molecule has 0 saturated heterocycles. The maximum Gasteiger partial charge on any atom is 0.142 e. The summed E-state index contributed by atoms with van der Waals surface area (Å²) in [5.41, 5.74) is 4.24. The monoisotopic (exact) mass is 268 g/mol. The molecule has 6 heteroatoms. The molecule has 3 N–H and O–H groups in total. The third-order valence-corrected chi connectivity index (χ3v) is 3.06. The Labute approximate surface area is 110 Å². The van der Waals surface area contributed by atoms with Gasteiger partial charge < -0.3 is 0 Å². The molecule has 0 aliphatic carbocycles. The second kappa shape index (κ2) is 5.48. The SMILES string of the molecule is CCn1cc(C(NN)c2ccc(Cl)c(F)c2)cn1. The number of nitrogens with one attached hydrogen (secondary N) is 1. The average molecular weight is 269 g/mol. The first-order chi connectivity index (χ1) is 8.65. The van der Waals surface area contributed by atoms with E-state index in [0.29, 0.717) is 5.56 Å². The van der Waals surface area contributed by atoms with Crippen molar-refractivity contribution in [3.8, 4) is 0 Å². The second-order valence-electron chi connectivity index (χ2n) is 3.90. The van der Waals surface area contributed by atoms with Crippen LogP contribution in [0.15, 0.2) is 30.6 Å². The Morgan fingerprint density at radius 3 is 2.83 bits per heavy atom. The summed E-state index contributed by atoms with van der Waals surface area (Å²) in [4.78, 5) is 0. The standard InChI is InChI=1S/C12H14ClFN4/c1-2-18-7-9(6-16-18)12(17-15)8-3-4-10(13)11(14)5-8/h3-7,12,17H,2,15H2,1H3. The Kier molecular flexibility index (Phi) is 3.96. The van der Waals surface area contributed by atoms with Crippen molar-refractivity contribution < 1.29 is 4.39 Å². The lowest BCUT2D eigenvalue weighted by molar-refractivity contribution is 0.604. The van der Waals surface area contributed by atoms with Crippen LogP contribution in [-0.4, -0.2) is 9.78 Å². The topological polar surface area (TPSA) is 55.9 Å². The molecule has 0 radical (unpaired) electrons. The Morgan fingerprint density at radius 1 is 1.50 bits per heavy atom. The molecule has 0 saturated carbocycles. The van der Waals surface area contributed by atoms with Crippen LogP contribution in [0.5, 0.6) is 0 Å². The lowest BCUT2D eigenvalue weighted by Gasteiger charge is -2.14. The third-order valence-electron chi connectivity index (χ3n) is 2.75. The molecule has 0 bridgehead atoms. The van der Waals surface area contributed by atoms with E-state index in [2.05, 4.69) is 10.5 Å². The van der Waals surface area contributed by atoms with E-state index in [1.165, 1.54) is 12.1 Å². The molecule has 0 aliphatic heterocycles. The molecule has 1 unspecified atom stereocenters. The van der Waals surface area contributed by atoms with Crippen molar-refractivity contribution in [1.82, 2.24) is 15.2 Å². The van der Waals surface area contributed by atoms with Crippen LogP contribution < -0.4 is 11.3 Å². The van der Waals surface area contributed by atoms with Crippen LogP contribution in [0.25, 0.3) is 0 Å².